The van der Waals surface area contributed by atoms with Gasteiger partial charge in [0.05, 0.1) is 23.6 Å². The van der Waals surface area contributed by atoms with Crippen LogP contribution in [0.5, 0.6) is 0 Å². The van der Waals surface area contributed by atoms with Gasteiger partial charge in [-0.1, -0.05) is 0 Å². The highest BCUT2D eigenvalue weighted by Crippen LogP contribution is 2.31. The minimum atomic E-state index is -0.541. The van der Waals surface area contributed by atoms with Crippen LogP contribution in [0.15, 0.2) is 54.2 Å². The third kappa shape index (κ3) is 4.75. The summed E-state index contributed by atoms with van der Waals surface area (Å²) >= 11 is 0. The summed E-state index contributed by atoms with van der Waals surface area (Å²) in [6.07, 6.45) is 0. The van der Waals surface area contributed by atoms with E-state index in [4.69, 9.17) is 4.74 Å². The number of anilines is 2. The number of nitrogens with zero attached hydrogens (tertiary/aromatic N) is 2. The van der Waals surface area contributed by atoms with E-state index < -0.39 is 16.7 Å². The number of methoxy groups -OCH3 is 1. The van der Waals surface area contributed by atoms with Gasteiger partial charge in [-0.15, -0.1) is 0 Å². The minimum Gasteiger partial charge on any atom is -0.383 e. The number of hydrogen-bond donors (Lipinski definition) is 2. The van der Waals surface area contributed by atoms with Gasteiger partial charge < -0.3 is 15.4 Å². The number of non-ortho nitro benzene ring substituents is 1. The van der Waals surface area contributed by atoms with E-state index >= 15 is 0 Å². The number of imide groups is 1. The molecule has 0 aliphatic carbocycles. The second kappa shape index (κ2) is 9.18. The van der Waals surface area contributed by atoms with Gasteiger partial charge in [0.1, 0.15) is 5.70 Å². The van der Waals surface area contributed by atoms with Crippen molar-refractivity contribution in [2.45, 2.75) is 6.92 Å². The van der Waals surface area contributed by atoms with Crippen LogP contribution >= 0.6 is 0 Å². The zero-order chi connectivity index (χ0) is 22.5. The maximum absolute atomic E-state index is 13.0. The Morgan fingerprint density at radius 3 is 2.19 bits per heavy atom. The molecule has 10 nitrogen and oxygen atoms in total. The van der Waals surface area contributed by atoms with Gasteiger partial charge in [-0.05, 0) is 42.0 Å². The van der Waals surface area contributed by atoms with Gasteiger partial charge in [-0.3, -0.25) is 29.4 Å². The van der Waals surface area contributed by atoms with Crippen molar-refractivity contribution in [1.29, 1.82) is 0 Å². The molecule has 0 fully saturated rings. The quantitative estimate of drug-likeness (QED) is 0.378. The molecule has 0 spiro atoms. The third-order valence-electron chi connectivity index (χ3n) is 4.53. The Kier molecular flexibility index (Phi) is 6.41. The number of ether oxygens (including phenoxy) is 1. The Hall–Kier alpha value is -4.05. The molecule has 1 heterocycles. The molecule has 0 atom stereocenters. The van der Waals surface area contributed by atoms with E-state index in [2.05, 4.69) is 10.6 Å². The lowest BCUT2D eigenvalue weighted by Gasteiger charge is -2.14. The van der Waals surface area contributed by atoms with Crippen molar-refractivity contribution in [2.75, 3.05) is 30.9 Å². The van der Waals surface area contributed by atoms with Crippen molar-refractivity contribution in [3.05, 3.63) is 69.9 Å². The van der Waals surface area contributed by atoms with Crippen LogP contribution in [0.1, 0.15) is 12.5 Å². The summed E-state index contributed by atoms with van der Waals surface area (Å²) in [6, 6.07) is 12.0. The molecule has 2 N–H and O–H groups in total. The maximum atomic E-state index is 13.0. The van der Waals surface area contributed by atoms with Crippen LogP contribution in [0.25, 0.3) is 5.57 Å². The fourth-order valence-electron chi connectivity index (χ4n) is 3.08. The normalized spacial score (nSPS) is 13.5. The SMILES string of the molecule is COCCN1C(=O)C(Nc2ccc(NC(C)=O)cc2)=C(c2ccc([N+](=O)[O-])cc2)C1=O. The van der Waals surface area contributed by atoms with E-state index in [0.717, 1.165) is 4.90 Å². The number of hydrogen-bond acceptors (Lipinski definition) is 7. The van der Waals surface area contributed by atoms with Gasteiger partial charge in [0.2, 0.25) is 5.91 Å². The topological polar surface area (TPSA) is 131 Å². The molecule has 3 amide bonds. The molecule has 0 bridgehead atoms. The van der Waals surface area contributed by atoms with Gasteiger partial charge in [0.25, 0.3) is 17.5 Å². The molecule has 0 saturated carbocycles. The number of benzene rings is 2. The van der Waals surface area contributed by atoms with Gasteiger partial charge in [-0.25, -0.2) is 0 Å². The average molecular weight is 424 g/mol. The zero-order valence-electron chi connectivity index (χ0n) is 16.9. The number of amides is 3. The van der Waals surface area contributed by atoms with Crippen LogP contribution in [-0.4, -0.2) is 47.8 Å². The van der Waals surface area contributed by atoms with Crippen molar-refractivity contribution in [2.24, 2.45) is 0 Å². The van der Waals surface area contributed by atoms with Crippen molar-refractivity contribution in [1.82, 2.24) is 4.90 Å². The van der Waals surface area contributed by atoms with E-state index in [0.29, 0.717) is 16.9 Å². The Bertz CT molecular complexity index is 1060. The fourth-order valence-corrected chi connectivity index (χ4v) is 3.08. The van der Waals surface area contributed by atoms with E-state index in [1.54, 1.807) is 24.3 Å². The van der Waals surface area contributed by atoms with Crippen LogP contribution < -0.4 is 10.6 Å². The molecule has 10 heteroatoms. The van der Waals surface area contributed by atoms with Crippen molar-refractivity contribution >= 4 is 40.4 Å². The second-order valence-corrected chi connectivity index (χ2v) is 6.69. The van der Waals surface area contributed by atoms with Gasteiger partial charge in [0.15, 0.2) is 0 Å². The van der Waals surface area contributed by atoms with Gasteiger partial charge in [0, 0.05) is 37.5 Å². The zero-order valence-corrected chi connectivity index (χ0v) is 16.9. The lowest BCUT2D eigenvalue weighted by atomic mass is 10.0. The molecule has 2 aromatic rings. The largest absolute Gasteiger partial charge is 0.383 e. The number of carbonyl (C=O) groups excluding carboxylic acids is 3. The van der Waals surface area contributed by atoms with Crippen LogP contribution in [0.3, 0.4) is 0 Å². The van der Waals surface area contributed by atoms with Crippen molar-refractivity contribution in [3.8, 4) is 0 Å². The molecule has 160 valence electrons. The second-order valence-electron chi connectivity index (χ2n) is 6.69. The first-order valence-electron chi connectivity index (χ1n) is 9.30. The predicted molar refractivity (Wildman–Crippen MR) is 113 cm³/mol. The lowest BCUT2D eigenvalue weighted by Crippen LogP contribution is -2.35. The molecular formula is C21H20N4O6. The first-order valence-corrected chi connectivity index (χ1v) is 9.30. The molecule has 2 aromatic carbocycles. The Morgan fingerprint density at radius 2 is 1.65 bits per heavy atom. The van der Waals surface area contributed by atoms with Crippen LogP contribution in [0.4, 0.5) is 17.1 Å². The summed E-state index contributed by atoms with van der Waals surface area (Å²) in [4.78, 5) is 48.6. The fraction of sp³-hybridized carbons (Fsp3) is 0.190. The number of nitrogens with one attached hydrogen (secondary N) is 2. The van der Waals surface area contributed by atoms with Gasteiger partial charge in [-0.2, -0.15) is 0 Å². The monoisotopic (exact) mass is 424 g/mol. The Labute approximate surface area is 177 Å². The van der Waals surface area contributed by atoms with Crippen LogP contribution in [0.2, 0.25) is 0 Å². The summed E-state index contributed by atoms with van der Waals surface area (Å²) < 4.78 is 4.99. The molecule has 31 heavy (non-hydrogen) atoms. The highest BCUT2D eigenvalue weighted by Gasteiger charge is 2.39. The molecule has 0 aromatic heterocycles. The molecule has 0 saturated heterocycles. The van der Waals surface area contributed by atoms with Crippen molar-refractivity contribution < 1.29 is 24.0 Å². The summed E-state index contributed by atoms with van der Waals surface area (Å²) in [5.74, 6) is -1.26. The van der Waals surface area contributed by atoms with E-state index in [1.165, 1.54) is 38.3 Å². The summed E-state index contributed by atoms with van der Waals surface area (Å²) in [5, 5.41) is 16.5. The van der Waals surface area contributed by atoms with Crippen LogP contribution in [-0.2, 0) is 19.1 Å². The number of nitro groups is 1. The summed E-state index contributed by atoms with van der Waals surface area (Å²) in [7, 11) is 1.46. The first-order chi connectivity index (χ1) is 14.8. The molecule has 0 unspecified atom stereocenters. The summed E-state index contributed by atoms with van der Waals surface area (Å²) in [5.41, 5.74) is 1.53. The highest BCUT2D eigenvalue weighted by molar-refractivity contribution is 6.36. The lowest BCUT2D eigenvalue weighted by molar-refractivity contribution is -0.384. The number of rotatable bonds is 8. The third-order valence-corrected chi connectivity index (χ3v) is 4.53. The molecule has 1 aliphatic heterocycles. The molecule has 1 aliphatic rings. The van der Waals surface area contributed by atoms with Gasteiger partial charge >= 0.3 is 0 Å². The first kappa shape index (κ1) is 21.7. The molecule has 3 rings (SSSR count). The Morgan fingerprint density at radius 1 is 1.03 bits per heavy atom. The van der Waals surface area contributed by atoms with Crippen molar-refractivity contribution in [3.63, 3.8) is 0 Å². The molecular weight excluding hydrogens is 404 g/mol. The van der Waals surface area contributed by atoms with Crippen LogP contribution in [0, 0.1) is 10.1 Å². The molecule has 0 radical (unpaired) electrons. The highest BCUT2D eigenvalue weighted by atomic mass is 16.6. The Balaban J connectivity index is 1.97. The van der Waals surface area contributed by atoms with E-state index in [1.807, 2.05) is 0 Å². The standard InChI is InChI=1S/C21H20N4O6/c1-13(26)22-15-5-7-16(8-6-15)23-19-18(14-3-9-17(10-4-14)25(29)30)20(27)24(21(19)28)11-12-31-2/h3-10,23H,11-12H2,1-2H3,(H,22,26). The summed E-state index contributed by atoms with van der Waals surface area (Å²) in [6.45, 7) is 1.63. The maximum Gasteiger partial charge on any atom is 0.278 e. The van der Waals surface area contributed by atoms with E-state index in [9.17, 15) is 24.5 Å². The average Bonchev–Trinajstić information content (AvgIpc) is 2.97. The predicted octanol–water partition coefficient (Wildman–Crippen LogP) is 2.39. The number of carbonyl (C=O) groups is 3. The number of nitro benzene ring substituents is 1. The van der Waals surface area contributed by atoms with E-state index in [-0.39, 0.29) is 36.0 Å². The smallest absolute Gasteiger partial charge is 0.278 e. The minimum absolute atomic E-state index is 0.0576.